The van der Waals surface area contributed by atoms with Crippen LogP contribution in [-0.4, -0.2) is 12.3 Å². The fourth-order valence-electron chi connectivity index (χ4n) is 2.89. The summed E-state index contributed by atoms with van der Waals surface area (Å²) in [5, 5.41) is 0. The minimum atomic E-state index is 0. The number of benzene rings is 2. The SMILES string of the molecule is C.CC/C=C/c1cc(C)c(Br)c(C)c1.CCCCc1cc(C)c(Br)c(C)c1.O=C=O.O=C=O. The average Bonchev–Trinajstić information content (AvgIpc) is 2.74. The van der Waals surface area contributed by atoms with Gasteiger partial charge in [-0.3, -0.25) is 0 Å². The standard InChI is InChI=1S/C12H17Br.C12H15Br.2CO2.CH4/c2*1-4-5-6-11-7-9(2)12(13)10(3)8-11;2*2-1-3;/h7-8H,4-6H2,1-3H3;5-8H,4H2,1-3H3;;;1H4/b;6-5+;;;. The van der Waals surface area contributed by atoms with E-state index in [1.807, 2.05) is 0 Å². The molecule has 0 aliphatic heterocycles. The van der Waals surface area contributed by atoms with E-state index >= 15 is 0 Å². The number of rotatable bonds is 5. The largest absolute Gasteiger partial charge is 0.373 e. The summed E-state index contributed by atoms with van der Waals surface area (Å²) in [6.45, 7) is 13.0. The van der Waals surface area contributed by atoms with Crippen molar-refractivity contribution >= 4 is 50.2 Å². The van der Waals surface area contributed by atoms with Crippen molar-refractivity contribution in [3.05, 3.63) is 72.7 Å². The van der Waals surface area contributed by atoms with Crippen molar-refractivity contribution in [3.63, 3.8) is 0 Å². The first-order chi connectivity index (χ1) is 15.1. The molecule has 0 aliphatic rings. The highest BCUT2D eigenvalue weighted by molar-refractivity contribution is 9.10. The van der Waals surface area contributed by atoms with Gasteiger partial charge in [0.1, 0.15) is 0 Å². The molecule has 0 bridgehead atoms. The second kappa shape index (κ2) is 21.7. The number of halogens is 2. The number of unbranched alkanes of at least 4 members (excludes halogenated alkanes) is 1. The Morgan fingerprint density at radius 3 is 1.45 bits per heavy atom. The quantitative estimate of drug-likeness (QED) is 0.354. The summed E-state index contributed by atoms with van der Waals surface area (Å²) in [7, 11) is 0. The monoisotopic (exact) mass is 582 g/mol. The Morgan fingerprint density at radius 1 is 0.758 bits per heavy atom. The number of allylic oxidation sites excluding steroid dienone is 1. The molecule has 0 heterocycles. The third-order valence-corrected chi connectivity index (χ3v) is 6.82. The zero-order chi connectivity index (χ0) is 25.1. The Balaban J connectivity index is -0.000000430. The first kappa shape index (κ1) is 35.5. The summed E-state index contributed by atoms with van der Waals surface area (Å²) in [4.78, 5) is 32.5. The maximum absolute atomic E-state index is 8.12. The van der Waals surface area contributed by atoms with Crippen LogP contribution >= 0.6 is 31.9 Å². The number of hydrogen-bond donors (Lipinski definition) is 0. The fraction of sp³-hybridized carbons (Fsp3) is 0.407. The van der Waals surface area contributed by atoms with Crippen LogP contribution in [0.1, 0.15) is 73.9 Å². The molecule has 0 N–H and O–H groups in total. The predicted octanol–water partition coefficient (Wildman–Crippen LogP) is 8.37. The smallest absolute Gasteiger partial charge is 0.186 e. The van der Waals surface area contributed by atoms with E-state index < -0.39 is 0 Å². The van der Waals surface area contributed by atoms with Gasteiger partial charge in [-0.1, -0.05) is 96.0 Å². The van der Waals surface area contributed by atoms with Gasteiger partial charge in [0.25, 0.3) is 0 Å². The van der Waals surface area contributed by atoms with E-state index in [1.54, 1.807) is 0 Å². The van der Waals surface area contributed by atoms with Crippen LogP contribution in [0.2, 0.25) is 0 Å². The van der Waals surface area contributed by atoms with Crippen molar-refractivity contribution in [2.45, 2.75) is 74.7 Å². The highest BCUT2D eigenvalue weighted by atomic mass is 79.9. The van der Waals surface area contributed by atoms with Gasteiger partial charge in [-0.05, 0) is 80.3 Å². The van der Waals surface area contributed by atoms with Gasteiger partial charge in [-0.2, -0.15) is 19.2 Å². The van der Waals surface area contributed by atoms with E-state index in [4.69, 9.17) is 19.2 Å². The molecule has 6 heteroatoms. The number of aryl methyl sites for hydroxylation is 5. The number of carbonyl (C=O) groups excluding carboxylic acids is 4. The van der Waals surface area contributed by atoms with Crippen molar-refractivity contribution in [2.24, 2.45) is 0 Å². The first-order valence-corrected chi connectivity index (χ1v) is 11.9. The van der Waals surface area contributed by atoms with Crippen LogP contribution in [-0.2, 0) is 25.6 Å². The van der Waals surface area contributed by atoms with Gasteiger partial charge in [0.2, 0.25) is 0 Å². The molecule has 4 nitrogen and oxygen atoms in total. The van der Waals surface area contributed by atoms with Crippen LogP contribution in [0, 0.1) is 27.7 Å². The molecule has 2 aromatic carbocycles. The van der Waals surface area contributed by atoms with Crippen LogP contribution < -0.4 is 0 Å². The molecule has 0 unspecified atom stereocenters. The molecule has 0 fully saturated rings. The van der Waals surface area contributed by atoms with Gasteiger partial charge >= 0.3 is 12.3 Å². The summed E-state index contributed by atoms with van der Waals surface area (Å²) in [6.07, 6.45) is 9.73. The highest BCUT2D eigenvalue weighted by Gasteiger charge is 2.01. The second-order valence-electron chi connectivity index (χ2n) is 7.09. The van der Waals surface area contributed by atoms with Gasteiger partial charge in [-0.15, -0.1) is 0 Å². The van der Waals surface area contributed by atoms with Crippen LogP contribution in [0.3, 0.4) is 0 Å². The maximum atomic E-state index is 8.12. The molecule has 0 saturated heterocycles. The molecule has 2 rings (SSSR count). The van der Waals surface area contributed by atoms with Gasteiger partial charge in [-0.25, -0.2) is 0 Å². The lowest BCUT2D eigenvalue weighted by molar-refractivity contribution is -0.193. The molecule has 0 radical (unpaired) electrons. The summed E-state index contributed by atoms with van der Waals surface area (Å²) in [5.41, 5.74) is 8.07. The summed E-state index contributed by atoms with van der Waals surface area (Å²) < 4.78 is 2.48. The summed E-state index contributed by atoms with van der Waals surface area (Å²) in [6, 6.07) is 8.96. The first-order valence-electron chi connectivity index (χ1n) is 10.3. The molecule has 0 aromatic heterocycles. The van der Waals surface area contributed by atoms with Crippen molar-refractivity contribution in [3.8, 4) is 0 Å². The van der Waals surface area contributed by atoms with Gasteiger partial charge in [0, 0.05) is 8.95 Å². The zero-order valence-corrected chi connectivity index (χ0v) is 22.9. The van der Waals surface area contributed by atoms with Crippen LogP contribution in [0.5, 0.6) is 0 Å². The molecule has 2 aromatic rings. The fourth-order valence-corrected chi connectivity index (χ4v) is 3.35. The van der Waals surface area contributed by atoms with Crippen LogP contribution in [0.25, 0.3) is 6.08 Å². The van der Waals surface area contributed by atoms with Crippen molar-refractivity contribution < 1.29 is 19.2 Å². The molecule has 182 valence electrons. The minimum absolute atomic E-state index is 0. The molecule has 0 atom stereocenters. The highest BCUT2D eigenvalue weighted by Crippen LogP contribution is 2.24. The van der Waals surface area contributed by atoms with Gasteiger partial charge < -0.3 is 0 Å². The topological polar surface area (TPSA) is 68.3 Å². The maximum Gasteiger partial charge on any atom is 0.373 e. The van der Waals surface area contributed by atoms with Gasteiger partial charge in [0.05, 0.1) is 0 Å². The van der Waals surface area contributed by atoms with E-state index in [-0.39, 0.29) is 19.7 Å². The van der Waals surface area contributed by atoms with E-state index in [1.165, 1.54) is 61.6 Å². The molecular weight excluding hydrogens is 548 g/mol. The normalized spacial score (nSPS) is 8.97. The third kappa shape index (κ3) is 16.2. The Kier molecular flexibility index (Phi) is 23.4. The van der Waals surface area contributed by atoms with E-state index in [2.05, 4.69) is 110 Å². The Labute approximate surface area is 216 Å². The average molecular weight is 584 g/mol. The molecule has 0 spiro atoms. The van der Waals surface area contributed by atoms with E-state index in [9.17, 15) is 0 Å². The predicted molar refractivity (Wildman–Crippen MR) is 142 cm³/mol. The Morgan fingerprint density at radius 2 is 1.12 bits per heavy atom. The lowest BCUT2D eigenvalue weighted by Crippen LogP contribution is -1.89. The van der Waals surface area contributed by atoms with Crippen molar-refractivity contribution in [1.82, 2.24) is 0 Å². The summed E-state index contributed by atoms with van der Waals surface area (Å²) >= 11 is 7.14. The Bertz CT molecular complexity index is 864. The Hall–Kier alpha value is -2.10. The molecule has 0 amide bonds. The number of hydrogen-bond acceptors (Lipinski definition) is 4. The molecular formula is C27H36Br2O4. The molecule has 0 saturated carbocycles. The van der Waals surface area contributed by atoms with Crippen molar-refractivity contribution in [1.29, 1.82) is 0 Å². The van der Waals surface area contributed by atoms with Crippen LogP contribution in [0.4, 0.5) is 0 Å². The van der Waals surface area contributed by atoms with Crippen LogP contribution in [0.15, 0.2) is 39.3 Å². The lowest BCUT2D eigenvalue weighted by Gasteiger charge is -2.07. The minimum Gasteiger partial charge on any atom is -0.186 e. The van der Waals surface area contributed by atoms with Crippen molar-refractivity contribution in [2.75, 3.05) is 0 Å². The lowest BCUT2D eigenvalue weighted by atomic mass is 10.0. The second-order valence-corrected chi connectivity index (χ2v) is 8.68. The zero-order valence-electron chi connectivity index (χ0n) is 19.7. The van der Waals surface area contributed by atoms with Gasteiger partial charge in [0.15, 0.2) is 0 Å². The van der Waals surface area contributed by atoms with E-state index in [0.29, 0.717) is 0 Å². The summed E-state index contributed by atoms with van der Waals surface area (Å²) in [5.74, 6) is 0. The third-order valence-electron chi connectivity index (χ3n) is 4.32. The molecule has 33 heavy (non-hydrogen) atoms. The molecule has 0 aliphatic carbocycles. The van der Waals surface area contributed by atoms with E-state index in [0.717, 1.165) is 6.42 Å².